The molecule has 0 aliphatic heterocycles. The van der Waals surface area contributed by atoms with Crippen LogP contribution in [0.1, 0.15) is 22.3 Å². The van der Waals surface area contributed by atoms with Crippen molar-refractivity contribution in [2.75, 3.05) is 0 Å². The molecule has 3 aromatic heterocycles. The summed E-state index contributed by atoms with van der Waals surface area (Å²) in [5, 5.41) is 4.50. The molecule has 5 heteroatoms. The number of benzene rings is 9. The van der Waals surface area contributed by atoms with E-state index < -0.39 is 5.41 Å². The van der Waals surface area contributed by atoms with Crippen LogP contribution < -0.4 is 0 Å². The van der Waals surface area contributed by atoms with E-state index in [1.54, 1.807) is 0 Å². The third kappa shape index (κ3) is 4.63. The standard InChI is InChI=1S/C58H34N4O/c1-3-16-35(17-4-1)38-24-15-29-50-52(38)44-31-30-37(34-51(44)63-50)56-59-55(36-18-5-2-6-19-36)60-57(61-56)62-48-28-14-10-23-43(48)53-49(62)33-32-42-41-22-9-13-27-47(41)58(54(42)53)45-25-11-7-20-39(45)40-21-8-12-26-46(40)58/h1-34H. The molecule has 2 aliphatic rings. The van der Waals surface area contributed by atoms with E-state index in [-0.39, 0.29) is 0 Å². The van der Waals surface area contributed by atoms with Gasteiger partial charge in [0.25, 0.3) is 0 Å². The summed E-state index contributed by atoms with van der Waals surface area (Å²) in [5.41, 5.74) is 17.5. The molecule has 5 nitrogen and oxygen atoms in total. The van der Waals surface area contributed by atoms with Crippen LogP contribution in [-0.4, -0.2) is 19.5 Å². The van der Waals surface area contributed by atoms with Crippen LogP contribution in [0.3, 0.4) is 0 Å². The highest BCUT2D eigenvalue weighted by Crippen LogP contribution is 2.64. The summed E-state index contributed by atoms with van der Waals surface area (Å²) in [5.74, 6) is 1.72. The molecule has 14 rings (SSSR count). The molecule has 0 amide bonds. The molecule has 0 radical (unpaired) electrons. The first-order chi connectivity index (χ1) is 31.3. The van der Waals surface area contributed by atoms with Crippen LogP contribution in [0.15, 0.2) is 211 Å². The molecule has 292 valence electrons. The fraction of sp³-hybridized carbons (Fsp3) is 0.0172. The molecule has 12 aromatic rings. The first kappa shape index (κ1) is 34.3. The summed E-state index contributed by atoms with van der Waals surface area (Å²) in [7, 11) is 0. The zero-order chi connectivity index (χ0) is 41.2. The van der Waals surface area contributed by atoms with Crippen molar-refractivity contribution in [3.05, 3.63) is 229 Å². The minimum Gasteiger partial charge on any atom is -0.456 e. The van der Waals surface area contributed by atoms with Gasteiger partial charge in [-0.25, -0.2) is 4.98 Å². The Labute approximate surface area is 362 Å². The van der Waals surface area contributed by atoms with E-state index >= 15 is 0 Å². The Morgan fingerprint density at radius 2 is 0.952 bits per heavy atom. The predicted octanol–water partition coefficient (Wildman–Crippen LogP) is 14.2. The lowest BCUT2D eigenvalue weighted by atomic mass is 9.69. The Morgan fingerprint density at radius 1 is 0.365 bits per heavy atom. The molecular weight excluding hydrogens is 769 g/mol. The Bertz CT molecular complexity index is 3800. The second kappa shape index (κ2) is 12.8. The van der Waals surface area contributed by atoms with Crippen molar-refractivity contribution in [1.82, 2.24) is 19.5 Å². The fourth-order valence-electron chi connectivity index (χ4n) is 11.0. The van der Waals surface area contributed by atoms with Crippen LogP contribution in [0.25, 0.3) is 106 Å². The van der Waals surface area contributed by atoms with Crippen molar-refractivity contribution in [3.63, 3.8) is 0 Å². The van der Waals surface area contributed by atoms with E-state index in [0.29, 0.717) is 17.6 Å². The summed E-state index contributed by atoms with van der Waals surface area (Å²) >= 11 is 0. The summed E-state index contributed by atoms with van der Waals surface area (Å²) in [6, 6.07) is 73.6. The highest BCUT2D eigenvalue weighted by Gasteiger charge is 2.52. The molecule has 0 saturated heterocycles. The third-order valence-corrected chi connectivity index (χ3v) is 13.5. The van der Waals surface area contributed by atoms with Crippen molar-refractivity contribution in [2.45, 2.75) is 5.41 Å². The molecule has 1 spiro atoms. The maximum atomic E-state index is 6.60. The maximum absolute atomic E-state index is 6.60. The molecule has 0 fully saturated rings. The average molecular weight is 803 g/mol. The highest BCUT2D eigenvalue weighted by molar-refractivity contribution is 6.16. The number of fused-ring (bicyclic) bond motifs is 17. The molecule has 2 aliphatic carbocycles. The van der Waals surface area contributed by atoms with E-state index in [9.17, 15) is 0 Å². The molecule has 0 atom stereocenters. The Balaban J connectivity index is 1.04. The average Bonchev–Trinajstić information content (AvgIpc) is 4.08. The van der Waals surface area contributed by atoms with Crippen molar-refractivity contribution in [1.29, 1.82) is 0 Å². The molecule has 0 unspecified atom stereocenters. The van der Waals surface area contributed by atoms with Gasteiger partial charge < -0.3 is 4.42 Å². The topological polar surface area (TPSA) is 56.7 Å². The van der Waals surface area contributed by atoms with Gasteiger partial charge in [0.05, 0.1) is 16.4 Å². The normalized spacial score (nSPS) is 13.2. The van der Waals surface area contributed by atoms with Gasteiger partial charge in [-0.2, -0.15) is 9.97 Å². The molecular formula is C58H34N4O. The second-order valence-electron chi connectivity index (χ2n) is 16.6. The zero-order valence-electron chi connectivity index (χ0n) is 33.8. The minimum absolute atomic E-state index is 0.518. The Kier molecular flexibility index (Phi) is 6.97. The number of furan rings is 1. The number of aromatic nitrogens is 4. The first-order valence-corrected chi connectivity index (χ1v) is 21.4. The third-order valence-electron chi connectivity index (χ3n) is 13.5. The van der Waals surface area contributed by atoms with Gasteiger partial charge in [0.1, 0.15) is 11.2 Å². The van der Waals surface area contributed by atoms with Crippen LogP contribution in [0.4, 0.5) is 0 Å². The highest BCUT2D eigenvalue weighted by atomic mass is 16.3. The van der Waals surface area contributed by atoms with Crippen molar-refractivity contribution >= 4 is 43.7 Å². The van der Waals surface area contributed by atoms with Crippen LogP contribution in [0.2, 0.25) is 0 Å². The molecule has 3 heterocycles. The molecule has 0 saturated carbocycles. The lowest BCUT2D eigenvalue weighted by Gasteiger charge is -2.31. The summed E-state index contributed by atoms with van der Waals surface area (Å²) in [4.78, 5) is 15.9. The van der Waals surface area contributed by atoms with Gasteiger partial charge in [0, 0.05) is 32.7 Å². The minimum atomic E-state index is -0.518. The van der Waals surface area contributed by atoms with E-state index in [1.807, 2.05) is 30.3 Å². The van der Waals surface area contributed by atoms with Gasteiger partial charge in [0.2, 0.25) is 5.95 Å². The van der Waals surface area contributed by atoms with Gasteiger partial charge in [-0.15, -0.1) is 0 Å². The van der Waals surface area contributed by atoms with Crippen molar-refractivity contribution < 1.29 is 4.42 Å². The van der Waals surface area contributed by atoms with Gasteiger partial charge in [-0.3, -0.25) is 4.57 Å². The number of hydrogen-bond donors (Lipinski definition) is 0. The van der Waals surface area contributed by atoms with Gasteiger partial charge in [0.15, 0.2) is 11.6 Å². The second-order valence-corrected chi connectivity index (χ2v) is 16.6. The number of nitrogens with zero attached hydrogens (tertiary/aromatic N) is 4. The number of hydrogen-bond acceptors (Lipinski definition) is 4. The first-order valence-electron chi connectivity index (χ1n) is 21.4. The predicted molar refractivity (Wildman–Crippen MR) is 254 cm³/mol. The SMILES string of the molecule is c1ccc(-c2nc(-c3ccc4c(c3)oc3cccc(-c5ccccc5)c34)nc(-n3c4ccccc4c4c5c(ccc43)-c3ccccc3C53c4ccccc4-c4ccccc43)n2)cc1. The van der Waals surface area contributed by atoms with Crippen LogP contribution in [0.5, 0.6) is 0 Å². The molecule has 0 N–H and O–H groups in total. The maximum Gasteiger partial charge on any atom is 0.238 e. The Hall–Kier alpha value is -8.41. The number of para-hydroxylation sites is 1. The summed E-state index contributed by atoms with van der Waals surface area (Å²) in [6.45, 7) is 0. The van der Waals surface area contributed by atoms with Crippen LogP contribution in [0, 0.1) is 0 Å². The lowest BCUT2D eigenvalue weighted by molar-refractivity contribution is 0.669. The molecule has 9 aromatic carbocycles. The summed E-state index contributed by atoms with van der Waals surface area (Å²) in [6.07, 6.45) is 0. The Morgan fingerprint density at radius 3 is 1.67 bits per heavy atom. The van der Waals surface area contributed by atoms with Gasteiger partial charge in [-0.05, 0) is 86.0 Å². The lowest BCUT2D eigenvalue weighted by Crippen LogP contribution is -2.26. The quantitative estimate of drug-likeness (QED) is 0.178. The smallest absolute Gasteiger partial charge is 0.238 e. The van der Waals surface area contributed by atoms with E-state index in [4.69, 9.17) is 19.4 Å². The van der Waals surface area contributed by atoms with E-state index in [2.05, 4.69) is 180 Å². The fourth-order valence-corrected chi connectivity index (χ4v) is 11.0. The van der Waals surface area contributed by atoms with Gasteiger partial charge in [-0.1, -0.05) is 176 Å². The molecule has 0 bridgehead atoms. The molecule has 63 heavy (non-hydrogen) atoms. The van der Waals surface area contributed by atoms with E-state index in [0.717, 1.165) is 60.6 Å². The number of rotatable bonds is 4. The summed E-state index contributed by atoms with van der Waals surface area (Å²) < 4.78 is 8.85. The zero-order valence-corrected chi connectivity index (χ0v) is 33.8. The van der Waals surface area contributed by atoms with Gasteiger partial charge >= 0.3 is 0 Å². The van der Waals surface area contributed by atoms with Crippen molar-refractivity contribution in [3.8, 4) is 62.1 Å². The monoisotopic (exact) mass is 802 g/mol. The van der Waals surface area contributed by atoms with Crippen LogP contribution >= 0.6 is 0 Å². The van der Waals surface area contributed by atoms with Crippen LogP contribution in [-0.2, 0) is 5.41 Å². The van der Waals surface area contributed by atoms with Crippen molar-refractivity contribution in [2.24, 2.45) is 0 Å². The largest absolute Gasteiger partial charge is 0.456 e. The van der Waals surface area contributed by atoms with E-state index in [1.165, 1.54) is 49.9 Å².